The summed E-state index contributed by atoms with van der Waals surface area (Å²) in [5, 5.41) is 3.14. The van der Waals surface area contributed by atoms with Crippen LogP contribution in [-0.2, 0) is 24.2 Å². The van der Waals surface area contributed by atoms with Crippen molar-refractivity contribution in [3.05, 3.63) is 62.8 Å². The Kier molecular flexibility index (Phi) is 7.88. The Bertz CT molecular complexity index is 704. The maximum atomic E-state index is 12.6. The van der Waals surface area contributed by atoms with E-state index < -0.39 is 0 Å². The molecule has 134 valence electrons. The predicted molar refractivity (Wildman–Crippen MR) is 111 cm³/mol. The Labute approximate surface area is 162 Å². The van der Waals surface area contributed by atoms with Gasteiger partial charge in [-0.15, -0.1) is 17.9 Å². The van der Waals surface area contributed by atoms with Gasteiger partial charge >= 0.3 is 0 Å². The van der Waals surface area contributed by atoms with Gasteiger partial charge in [-0.1, -0.05) is 38.1 Å². The van der Waals surface area contributed by atoms with Gasteiger partial charge in [-0.3, -0.25) is 9.69 Å². The smallest absolute Gasteiger partial charge is 0.238 e. The molecule has 1 amide bonds. The van der Waals surface area contributed by atoms with E-state index in [9.17, 15) is 4.79 Å². The molecule has 0 atom stereocenters. The second-order valence-electron chi connectivity index (χ2n) is 5.87. The largest absolute Gasteiger partial charge is 0.324 e. The average molecular weight is 421 g/mol. The fourth-order valence-corrected chi connectivity index (χ4v) is 4.34. The molecule has 0 unspecified atom stereocenters. The molecule has 1 heterocycles. The topological polar surface area (TPSA) is 32.3 Å². The molecule has 0 aliphatic carbocycles. The molecule has 0 spiro atoms. The Morgan fingerprint density at radius 3 is 2.44 bits per heavy atom. The zero-order valence-electron chi connectivity index (χ0n) is 14.8. The number of nitrogens with one attached hydrogen (secondary N) is 1. The van der Waals surface area contributed by atoms with E-state index in [0.717, 1.165) is 28.9 Å². The van der Waals surface area contributed by atoms with Gasteiger partial charge in [0.25, 0.3) is 0 Å². The van der Waals surface area contributed by atoms with Gasteiger partial charge in [0, 0.05) is 23.7 Å². The van der Waals surface area contributed by atoms with E-state index in [2.05, 4.69) is 70.8 Å². The number of carbonyl (C=O) groups excluding carboxylic acids is 1. The molecule has 0 bridgehead atoms. The number of benzene rings is 1. The van der Waals surface area contributed by atoms with Crippen LogP contribution >= 0.6 is 27.3 Å². The van der Waals surface area contributed by atoms with Crippen LogP contribution in [0.15, 0.2) is 46.8 Å². The van der Waals surface area contributed by atoms with E-state index in [0.29, 0.717) is 13.1 Å². The van der Waals surface area contributed by atoms with E-state index >= 15 is 0 Å². The molecule has 0 saturated heterocycles. The van der Waals surface area contributed by atoms with Crippen LogP contribution in [0, 0.1) is 0 Å². The van der Waals surface area contributed by atoms with Gasteiger partial charge in [0.1, 0.15) is 0 Å². The van der Waals surface area contributed by atoms with Gasteiger partial charge in [-0.05, 0) is 52.0 Å². The van der Waals surface area contributed by atoms with Crippen molar-refractivity contribution in [1.29, 1.82) is 0 Å². The summed E-state index contributed by atoms with van der Waals surface area (Å²) in [7, 11) is 0. The summed E-state index contributed by atoms with van der Waals surface area (Å²) in [6.07, 6.45) is 3.65. The summed E-state index contributed by atoms with van der Waals surface area (Å²) in [6, 6.07) is 10.4. The summed E-state index contributed by atoms with van der Waals surface area (Å²) >= 11 is 5.18. The second-order valence-corrected chi connectivity index (χ2v) is 8.42. The van der Waals surface area contributed by atoms with Crippen molar-refractivity contribution in [3.8, 4) is 0 Å². The molecule has 1 aromatic carbocycles. The number of aryl methyl sites for hydroxylation is 2. The Hall–Kier alpha value is -1.43. The van der Waals surface area contributed by atoms with Crippen molar-refractivity contribution >= 4 is 38.9 Å². The third kappa shape index (κ3) is 5.80. The average Bonchev–Trinajstić information content (AvgIpc) is 3.00. The van der Waals surface area contributed by atoms with E-state index in [1.165, 1.54) is 16.0 Å². The lowest BCUT2D eigenvalue weighted by Gasteiger charge is -2.21. The van der Waals surface area contributed by atoms with Crippen LogP contribution in [0.4, 0.5) is 5.69 Å². The number of para-hydroxylation sites is 1. The van der Waals surface area contributed by atoms with Gasteiger partial charge in [0.05, 0.1) is 10.3 Å². The molecule has 0 fully saturated rings. The van der Waals surface area contributed by atoms with Crippen LogP contribution < -0.4 is 5.32 Å². The van der Waals surface area contributed by atoms with E-state index in [-0.39, 0.29) is 5.91 Å². The van der Waals surface area contributed by atoms with Crippen molar-refractivity contribution in [2.45, 2.75) is 33.2 Å². The minimum atomic E-state index is 0.0214. The summed E-state index contributed by atoms with van der Waals surface area (Å²) < 4.78 is 1.11. The Morgan fingerprint density at radius 1 is 1.24 bits per heavy atom. The first-order valence-corrected chi connectivity index (χ1v) is 10.2. The number of hydrogen-bond acceptors (Lipinski definition) is 3. The van der Waals surface area contributed by atoms with E-state index in [4.69, 9.17) is 0 Å². The van der Waals surface area contributed by atoms with Crippen molar-refractivity contribution in [1.82, 2.24) is 4.90 Å². The highest BCUT2D eigenvalue weighted by Crippen LogP contribution is 2.24. The molecule has 1 aromatic heterocycles. The molecular formula is C20H25BrN2OS. The minimum Gasteiger partial charge on any atom is -0.324 e. The van der Waals surface area contributed by atoms with Crippen molar-refractivity contribution in [2.75, 3.05) is 18.4 Å². The first kappa shape index (κ1) is 19.9. The van der Waals surface area contributed by atoms with Crippen molar-refractivity contribution in [3.63, 3.8) is 0 Å². The molecule has 2 rings (SSSR count). The van der Waals surface area contributed by atoms with E-state index in [1.807, 2.05) is 12.1 Å². The fraction of sp³-hybridized carbons (Fsp3) is 0.350. The lowest BCUT2D eigenvalue weighted by molar-refractivity contribution is -0.117. The molecule has 2 aromatic rings. The van der Waals surface area contributed by atoms with Crippen LogP contribution in [0.2, 0.25) is 0 Å². The number of carbonyl (C=O) groups is 1. The quantitative estimate of drug-likeness (QED) is 0.560. The third-order valence-corrected chi connectivity index (χ3v) is 5.63. The molecule has 3 nitrogen and oxygen atoms in total. The molecule has 0 aliphatic heterocycles. The molecular weight excluding hydrogens is 396 g/mol. The summed E-state index contributed by atoms with van der Waals surface area (Å²) in [5.41, 5.74) is 3.35. The Balaban J connectivity index is 2.07. The zero-order chi connectivity index (χ0) is 18.2. The lowest BCUT2D eigenvalue weighted by atomic mass is 10.0. The van der Waals surface area contributed by atoms with Crippen molar-refractivity contribution < 1.29 is 4.79 Å². The van der Waals surface area contributed by atoms with Gasteiger partial charge in [0.2, 0.25) is 5.91 Å². The maximum absolute atomic E-state index is 12.6. The monoisotopic (exact) mass is 420 g/mol. The van der Waals surface area contributed by atoms with E-state index in [1.54, 1.807) is 11.3 Å². The van der Waals surface area contributed by atoms with Gasteiger partial charge in [0.15, 0.2) is 0 Å². The minimum absolute atomic E-state index is 0.0214. The molecule has 1 N–H and O–H groups in total. The number of anilines is 1. The van der Waals surface area contributed by atoms with Gasteiger partial charge < -0.3 is 5.32 Å². The lowest BCUT2D eigenvalue weighted by Crippen LogP contribution is -2.33. The highest BCUT2D eigenvalue weighted by Gasteiger charge is 2.14. The second kappa shape index (κ2) is 9.90. The molecule has 0 radical (unpaired) electrons. The summed E-state index contributed by atoms with van der Waals surface area (Å²) in [4.78, 5) is 16.0. The first-order valence-electron chi connectivity index (χ1n) is 8.55. The SMILES string of the molecule is C=CCN(CC(=O)Nc1c(CC)cccc1CC)Cc1ccc(Br)s1. The van der Waals surface area contributed by atoms with Crippen molar-refractivity contribution in [2.24, 2.45) is 0 Å². The standard InChI is InChI=1S/C20H25BrN2OS/c1-4-12-23(13-17-10-11-18(21)25-17)14-19(24)22-20-15(5-2)8-7-9-16(20)6-3/h4,7-11H,1,5-6,12-14H2,2-3H3,(H,22,24). The third-order valence-electron chi connectivity index (χ3n) is 4.03. The normalized spacial score (nSPS) is 10.9. The number of rotatable bonds is 9. The highest BCUT2D eigenvalue weighted by molar-refractivity contribution is 9.11. The Morgan fingerprint density at radius 2 is 1.92 bits per heavy atom. The number of hydrogen-bond donors (Lipinski definition) is 1. The first-order chi connectivity index (χ1) is 12.1. The van der Waals surface area contributed by atoms with Crippen LogP contribution in [0.3, 0.4) is 0 Å². The van der Waals surface area contributed by atoms with Crippen LogP contribution in [0.1, 0.15) is 29.9 Å². The predicted octanol–water partition coefficient (Wildman–Crippen LogP) is 5.26. The zero-order valence-corrected chi connectivity index (χ0v) is 17.3. The molecule has 5 heteroatoms. The number of halogens is 1. The van der Waals surface area contributed by atoms with Crippen LogP contribution in [0.5, 0.6) is 0 Å². The molecule has 25 heavy (non-hydrogen) atoms. The fourth-order valence-electron chi connectivity index (χ4n) is 2.81. The number of thiophene rings is 1. The summed E-state index contributed by atoms with van der Waals surface area (Å²) in [5.74, 6) is 0.0214. The highest BCUT2D eigenvalue weighted by atomic mass is 79.9. The number of nitrogens with zero attached hydrogens (tertiary/aromatic N) is 1. The van der Waals surface area contributed by atoms with Crippen LogP contribution in [-0.4, -0.2) is 23.9 Å². The molecule has 0 aliphatic rings. The summed E-state index contributed by atoms with van der Waals surface area (Å²) in [6.45, 7) is 9.81. The maximum Gasteiger partial charge on any atom is 0.238 e. The van der Waals surface area contributed by atoms with Crippen LogP contribution in [0.25, 0.3) is 0 Å². The van der Waals surface area contributed by atoms with Gasteiger partial charge in [-0.25, -0.2) is 0 Å². The number of amides is 1. The van der Waals surface area contributed by atoms with Gasteiger partial charge in [-0.2, -0.15) is 0 Å². The molecule has 0 saturated carbocycles.